The fourth-order valence-corrected chi connectivity index (χ4v) is 4.57. The number of thiophene rings is 1. The van der Waals surface area contributed by atoms with Gasteiger partial charge in [-0.1, -0.05) is 5.16 Å². The third kappa shape index (κ3) is 2.67. The summed E-state index contributed by atoms with van der Waals surface area (Å²) >= 11 is 1.57. The molecule has 6 nitrogen and oxygen atoms in total. The standard InChI is InChI=1S/C17H13NO5S2/c1-9(19)23-18-13-8-22-17-11(13)4-6-15-16(17)12-7-10(25(2,20)21)3-5-14(12)24-15/h3-7H,8H2,1-2H3. The van der Waals surface area contributed by atoms with Crippen LogP contribution in [0.15, 0.2) is 40.4 Å². The van der Waals surface area contributed by atoms with Crippen LogP contribution >= 0.6 is 11.3 Å². The molecule has 0 aliphatic carbocycles. The Morgan fingerprint density at radius 3 is 2.72 bits per heavy atom. The zero-order chi connectivity index (χ0) is 17.8. The lowest BCUT2D eigenvalue weighted by molar-refractivity contribution is -0.140. The molecule has 0 saturated carbocycles. The molecule has 0 unspecified atom stereocenters. The Hall–Kier alpha value is -2.45. The Morgan fingerprint density at radius 1 is 1.24 bits per heavy atom. The first-order valence-corrected chi connectivity index (χ1v) is 10.1. The van der Waals surface area contributed by atoms with Crippen LogP contribution in [-0.4, -0.2) is 33.0 Å². The second-order valence-electron chi connectivity index (χ2n) is 5.76. The fraction of sp³-hybridized carbons (Fsp3) is 0.176. The number of hydrogen-bond donors (Lipinski definition) is 0. The van der Waals surface area contributed by atoms with Gasteiger partial charge in [0.2, 0.25) is 0 Å². The summed E-state index contributed by atoms with van der Waals surface area (Å²) in [6.07, 6.45) is 1.19. The normalized spacial score (nSPS) is 15.5. The third-order valence-corrected chi connectivity index (χ3v) is 6.18. The van der Waals surface area contributed by atoms with Gasteiger partial charge in [0.05, 0.1) is 4.90 Å². The molecular formula is C17H13NO5S2. The minimum atomic E-state index is -3.30. The Bertz CT molecular complexity index is 1170. The monoisotopic (exact) mass is 375 g/mol. The molecule has 1 aliphatic rings. The van der Waals surface area contributed by atoms with Gasteiger partial charge >= 0.3 is 5.97 Å². The molecule has 0 saturated heterocycles. The minimum Gasteiger partial charge on any atom is -0.486 e. The maximum atomic E-state index is 11.9. The molecule has 8 heteroatoms. The second-order valence-corrected chi connectivity index (χ2v) is 8.86. The zero-order valence-electron chi connectivity index (χ0n) is 13.4. The van der Waals surface area contributed by atoms with Crippen LogP contribution in [0.5, 0.6) is 5.75 Å². The summed E-state index contributed by atoms with van der Waals surface area (Å²) in [6, 6.07) is 8.92. The van der Waals surface area contributed by atoms with Crippen LogP contribution in [0.2, 0.25) is 0 Å². The van der Waals surface area contributed by atoms with Crippen molar-refractivity contribution < 1.29 is 22.8 Å². The smallest absolute Gasteiger partial charge is 0.331 e. The Labute approximate surface area is 147 Å². The molecule has 0 atom stereocenters. The molecule has 0 bridgehead atoms. The Balaban J connectivity index is 1.97. The lowest BCUT2D eigenvalue weighted by Gasteiger charge is -2.02. The SMILES string of the molecule is CC(=O)ON=C1COc2c1ccc1sc3ccc(S(C)(=O)=O)cc3c21. The molecule has 2 heterocycles. The molecule has 1 aromatic heterocycles. The molecule has 4 rings (SSSR count). The molecule has 0 radical (unpaired) electrons. The van der Waals surface area contributed by atoms with Crippen LogP contribution in [0.1, 0.15) is 12.5 Å². The molecule has 2 aromatic carbocycles. The summed E-state index contributed by atoms with van der Waals surface area (Å²) in [7, 11) is -3.30. The van der Waals surface area contributed by atoms with E-state index < -0.39 is 15.8 Å². The van der Waals surface area contributed by atoms with Crippen LogP contribution in [-0.2, 0) is 19.5 Å². The summed E-state index contributed by atoms with van der Waals surface area (Å²) in [4.78, 5) is 16.0. The lowest BCUT2D eigenvalue weighted by Crippen LogP contribution is -2.04. The second kappa shape index (κ2) is 5.53. The lowest BCUT2D eigenvalue weighted by atomic mass is 10.1. The van der Waals surface area contributed by atoms with E-state index in [-0.39, 0.29) is 11.5 Å². The number of sulfone groups is 1. The maximum Gasteiger partial charge on any atom is 0.331 e. The van der Waals surface area contributed by atoms with Gasteiger partial charge in [0.25, 0.3) is 0 Å². The van der Waals surface area contributed by atoms with Crippen LogP contribution in [0, 0.1) is 0 Å². The largest absolute Gasteiger partial charge is 0.486 e. The van der Waals surface area contributed by atoms with Crippen molar-refractivity contribution in [3.8, 4) is 5.75 Å². The highest BCUT2D eigenvalue weighted by atomic mass is 32.2. The molecule has 0 N–H and O–H groups in total. The van der Waals surface area contributed by atoms with E-state index in [0.717, 1.165) is 25.7 Å². The van der Waals surface area contributed by atoms with E-state index >= 15 is 0 Å². The third-order valence-electron chi connectivity index (χ3n) is 3.94. The van der Waals surface area contributed by atoms with Crippen molar-refractivity contribution in [3.05, 3.63) is 35.9 Å². The predicted octanol–water partition coefficient (Wildman–Crippen LogP) is 3.12. The molecule has 25 heavy (non-hydrogen) atoms. The quantitative estimate of drug-likeness (QED) is 0.508. The number of benzene rings is 2. The number of oxime groups is 1. The van der Waals surface area contributed by atoms with Gasteiger partial charge in [-0.3, -0.25) is 0 Å². The van der Waals surface area contributed by atoms with E-state index in [2.05, 4.69) is 5.16 Å². The number of hydrogen-bond acceptors (Lipinski definition) is 7. The molecule has 0 spiro atoms. The van der Waals surface area contributed by atoms with Gasteiger partial charge in [0, 0.05) is 38.9 Å². The van der Waals surface area contributed by atoms with Gasteiger partial charge in [-0.25, -0.2) is 13.2 Å². The van der Waals surface area contributed by atoms with E-state index in [1.54, 1.807) is 23.5 Å². The van der Waals surface area contributed by atoms with Crippen LogP contribution in [0.25, 0.3) is 20.2 Å². The number of carbonyl (C=O) groups excluding carboxylic acids is 1. The van der Waals surface area contributed by atoms with E-state index in [0.29, 0.717) is 11.5 Å². The summed E-state index contributed by atoms with van der Waals surface area (Å²) < 4.78 is 31.5. The summed E-state index contributed by atoms with van der Waals surface area (Å²) in [5.41, 5.74) is 1.28. The summed E-state index contributed by atoms with van der Waals surface area (Å²) in [5.74, 6) is 0.140. The van der Waals surface area contributed by atoms with E-state index in [1.165, 1.54) is 13.2 Å². The van der Waals surface area contributed by atoms with Crippen molar-refractivity contribution in [1.29, 1.82) is 0 Å². The fourth-order valence-electron chi connectivity index (χ4n) is 2.84. The zero-order valence-corrected chi connectivity index (χ0v) is 15.0. The van der Waals surface area contributed by atoms with Gasteiger partial charge in [0.1, 0.15) is 18.1 Å². The predicted molar refractivity (Wildman–Crippen MR) is 96.2 cm³/mol. The molecular weight excluding hydrogens is 362 g/mol. The van der Waals surface area contributed by atoms with Crippen LogP contribution in [0.3, 0.4) is 0 Å². The highest BCUT2D eigenvalue weighted by molar-refractivity contribution is 7.90. The molecule has 1 aliphatic heterocycles. The average molecular weight is 375 g/mol. The topological polar surface area (TPSA) is 82.0 Å². The van der Waals surface area contributed by atoms with Gasteiger partial charge in [-0.15, -0.1) is 11.3 Å². The number of carbonyl (C=O) groups is 1. The first-order valence-electron chi connectivity index (χ1n) is 7.41. The van der Waals surface area contributed by atoms with Crippen molar-refractivity contribution in [2.45, 2.75) is 11.8 Å². The van der Waals surface area contributed by atoms with Gasteiger partial charge in [-0.05, 0) is 30.3 Å². The minimum absolute atomic E-state index is 0.199. The number of ether oxygens (including phenoxy) is 1. The van der Waals surface area contributed by atoms with Crippen molar-refractivity contribution in [3.63, 3.8) is 0 Å². The van der Waals surface area contributed by atoms with E-state index in [1.807, 2.05) is 18.2 Å². The highest BCUT2D eigenvalue weighted by Crippen LogP contribution is 2.43. The first-order chi connectivity index (χ1) is 11.8. The molecule has 128 valence electrons. The maximum absolute atomic E-state index is 11.9. The van der Waals surface area contributed by atoms with Crippen molar-refractivity contribution >= 4 is 53.0 Å². The van der Waals surface area contributed by atoms with E-state index in [4.69, 9.17) is 9.57 Å². The van der Waals surface area contributed by atoms with Crippen molar-refractivity contribution in [2.75, 3.05) is 12.9 Å². The average Bonchev–Trinajstić information content (AvgIpc) is 3.11. The number of fused-ring (bicyclic) bond motifs is 5. The summed E-state index contributed by atoms with van der Waals surface area (Å²) in [5, 5.41) is 5.53. The Kier molecular flexibility index (Phi) is 3.55. The van der Waals surface area contributed by atoms with E-state index in [9.17, 15) is 13.2 Å². The van der Waals surface area contributed by atoms with Crippen molar-refractivity contribution in [2.24, 2.45) is 5.16 Å². The Morgan fingerprint density at radius 2 is 2.00 bits per heavy atom. The highest BCUT2D eigenvalue weighted by Gasteiger charge is 2.25. The number of nitrogens with zero attached hydrogens (tertiary/aromatic N) is 1. The van der Waals surface area contributed by atoms with Gasteiger partial charge in [-0.2, -0.15) is 0 Å². The van der Waals surface area contributed by atoms with Gasteiger partial charge in [0.15, 0.2) is 9.84 Å². The summed E-state index contributed by atoms with van der Waals surface area (Å²) in [6.45, 7) is 1.48. The molecule has 0 amide bonds. The molecule has 0 fully saturated rings. The molecule has 3 aromatic rings. The first kappa shape index (κ1) is 16.0. The van der Waals surface area contributed by atoms with Crippen molar-refractivity contribution in [1.82, 2.24) is 0 Å². The number of rotatable bonds is 2. The van der Waals surface area contributed by atoms with Crippen LogP contribution < -0.4 is 4.74 Å². The van der Waals surface area contributed by atoms with Crippen LogP contribution in [0.4, 0.5) is 0 Å². The van der Waals surface area contributed by atoms with Gasteiger partial charge < -0.3 is 9.57 Å².